The van der Waals surface area contributed by atoms with Gasteiger partial charge in [-0.1, -0.05) is 29.5 Å². The van der Waals surface area contributed by atoms with Gasteiger partial charge in [0.05, 0.1) is 10.2 Å². The van der Waals surface area contributed by atoms with E-state index in [0.717, 1.165) is 33.5 Å². The van der Waals surface area contributed by atoms with Gasteiger partial charge < -0.3 is 10.4 Å². The molecule has 0 bridgehead atoms. The fourth-order valence-corrected chi connectivity index (χ4v) is 4.17. The number of aromatic nitrogens is 1. The van der Waals surface area contributed by atoms with Crippen LogP contribution < -0.4 is 5.32 Å². The lowest BCUT2D eigenvalue weighted by atomic mass is 10.1. The van der Waals surface area contributed by atoms with E-state index in [2.05, 4.69) is 46.7 Å². The summed E-state index contributed by atoms with van der Waals surface area (Å²) in [5, 5.41) is 12.3. The first-order chi connectivity index (χ1) is 11.7. The molecular weight excluding hydrogens is 340 g/mol. The lowest BCUT2D eigenvalue weighted by Crippen LogP contribution is -2.04. The summed E-state index contributed by atoms with van der Waals surface area (Å²) in [6.07, 6.45) is 0.799. The van der Waals surface area contributed by atoms with Crippen LogP contribution in [0.5, 0.6) is 0 Å². The number of anilines is 1. The number of carbonyl (C=O) groups is 1. The third-order valence-corrected chi connectivity index (χ3v) is 5.42. The molecule has 0 fully saturated rings. The number of hydrogen-bond donors (Lipinski definition) is 2. The number of rotatable bonds is 6. The Labute approximate surface area is 148 Å². The Morgan fingerprint density at radius 3 is 2.88 bits per heavy atom. The average molecular weight is 358 g/mol. The van der Waals surface area contributed by atoms with Gasteiger partial charge in [-0.05, 0) is 41.8 Å². The number of aliphatic hydroxyl groups is 1. The lowest BCUT2D eigenvalue weighted by Gasteiger charge is -2.05. The number of hydrogen-bond acceptors (Lipinski definition) is 5. The van der Waals surface area contributed by atoms with E-state index in [-0.39, 0.29) is 12.5 Å². The van der Waals surface area contributed by atoms with Crippen LogP contribution in [0.25, 0.3) is 21.3 Å². The summed E-state index contributed by atoms with van der Waals surface area (Å²) < 4.78 is 1.05. The molecule has 124 valence electrons. The van der Waals surface area contributed by atoms with Crippen molar-refractivity contribution in [2.24, 2.45) is 0 Å². The van der Waals surface area contributed by atoms with Crippen LogP contribution in [0.3, 0.4) is 0 Å². The highest BCUT2D eigenvalue weighted by Gasteiger charge is 2.07. The number of fused-ring (bicyclic) bond motifs is 1. The van der Waals surface area contributed by atoms with Crippen LogP contribution in [-0.4, -0.2) is 28.4 Å². The van der Waals surface area contributed by atoms with Gasteiger partial charge in [0.1, 0.15) is 0 Å². The molecule has 3 rings (SSSR count). The Hall–Kier alpha value is -1.89. The first kappa shape index (κ1) is 17.0. The van der Waals surface area contributed by atoms with Gasteiger partial charge in [-0.2, -0.15) is 0 Å². The third kappa shape index (κ3) is 4.14. The second-order valence-corrected chi connectivity index (χ2v) is 7.54. The molecule has 2 N–H and O–H groups in total. The van der Waals surface area contributed by atoms with E-state index in [0.29, 0.717) is 5.13 Å². The summed E-state index contributed by atoms with van der Waals surface area (Å²) in [6.45, 7) is 1.71. The molecule has 2 aromatic carbocycles. The predicted octanol–water partition coefficient (Wildman–Crippen LogP) is 4.40. The summed E-state index contributed by atoms with van der Waals surface area (Å²) in [6, 6.07) is 14.5. The molecule has 1 aromatic heterocycles. The summed E-state index contributed by atoms with van der Waals surface area (Å²) in [5.74, 6) is 0.801. The van der Waals surface area contributed by atoms with E-state index in [1.54, 1.807) is 11.8 Å². The van der Waals surface area contributed by atoms with Crippen molar-refractivity contribution >= 4 is 44.4 Å². The van der Waals surface area contributed by atoms with Crippen molar-refractivity contribution in [2.45, 2.75) is 18.2 Å². The SMILES string of the molecule is CC(=O)Nc1nc2ccc(-c3cccc(SCCCO)c3)cc2s1. The monoisotopic (exact) mass is 358 g/mol. The fraction of sp³-hybridized carbons (Fsp3) is 0.222. The average Bonchev–Trinajstić information content (AvgIpc) is 2.96. The highest BCUT2D eigenvalue weighted by Crippen LogP contribution is 2.32. The maximum Gasteiger partial charge on any atom is 0.223 e. The zero-order chi connectivity index (χ0) is 16.9. The van der Waals surface area contributed by atoms with Crippen molar-refractivity contribution in [3.63, 3.8) is 0 Å². The standard InChI is InChI=1S/C18H18N2O2S2/c1-12(22)19-18-20-16-7-6-14(11-17(16)24-18)13-4-2-5-15(10-13)23-9-3-8-21/h2,4-7,10-11,21H,3,8-9H2,1H3,(H,19,20,22). The van der Waals surface area contributed by atoms with E-state index in [4.69, 9.17) is 5.11 Å². The van der Waals surface area contributed by atoms with Crippen molar-refractivity contribution in [2.75, 3.05) is 17.7 Å². The summed E-state index contributed by atoms with van der Waals surface area (Å²) in [5.41, 5.74) is 3.17. The van der Waals surface area contributed by atoms with Crippen LogP contribution in [0.4, 0.5) is 5.13 Å². The topological polar surface area (TPSA) is 62.2 Å². The molecule has 0 aliphatic heterocycles. The maximum atomic E-state index is 11.2. The van der Waals surface area contributed by atoms with Crippen LogP contribution >= 0.6 is 23.1 Å². The van der Waals surface area contributed by atoms with Gasteiger partial charge in [-0.25, -0.2) is 4.98 Å². The first-order valence-corrected chi connectivity index (χ1v) is 9.48. The number of thioether (sulfide) groups is 1. The number of nitrogens with zero attached hydrogens (tertiary/aromatic N) is 1. The van der Waals surface area contributed by atoms with Crippen LogP contribution in [0.15, 0.2) is 47.4 Å². The Morgan fingerprint density at radius 1 is 1.25 bits per heavy atom. The second-order valence-electron chi connectivity index (χ2n) is 5.34. The van der Waals surface area contributed by atoms with Gasteiger partial charge in [-0.3, -0.25) is 4.79 Å². The van der Waals surface area contributed by atoms with E-state index < -0.39 is 0 Å². The second kappa shape index (κ2) is 7.79. The predicted molar refractivity (Wildman–Crippen MR) is 102 cm³/mol. The van der Waals surface area contributed by atoms with Crippen molar-refractivity contribution in [1.82, 2.24) is 4.98 Å². The molecule has 0 atom stereocenters. The third-order valence-electron chi connectivity index (χ3n) is 3.41. The Balaban J connectivity index is 1.86. The normalized spacial score (nSPS) is 10.9. The number of nitrogens with one attached hydrogen (secondary N) is 1. The Kier molecular flexibility index (Phi) is 5.50. The number of amides is 1. The van der Waals surface area contributed by atoms with E-state index in [1.165, 1.54) is 23.2 Å². The molecule has 1 amide bonds. The van der Waals surface area contributed by atoms with Crippen molar-refractivity contribution in [3.05, 3.63) is 42.5 Å². The minimum atomic E-state index is -0.109. The molecule has 1 heterocycles. The molecule has 0 unspecified atom stereocenters. The van der Waals surface area contributed by atoms with E-state index >= 15 is 0 Å². The number of benzene rings is 2. The molecule has 0 saturated carbocycles. The van der Waals surface area contributed by atoms with Crippen LogP contribution in [0, 0.1) is 0 Å². The van der Waals surface area contributed by atoms with Crippen LogP contribution in [0.1, 0.15) is 13.3 Å². The molecule has 0 aliphatic carbocycles. The molecule has 0 aliphatic rings. The van der Waals surface area contributed by atoms with Gasteiger partial charge >= 0.3 is 0 Å². The Bertz CT molecular complexity index is 861. The fourth-order valence-electron chi connectivity index (χ4n) is 2.33. The van der Waals surface area contributed by atoms with E-state index in [1.807, 2.05) is 6.07 Å². The number of thiazole rings is 1. The van der Waals surface area contributed by atoms with Gasteiger partial charge in [-0.15, -0.1) is 11.8 Å². The zero-order valence-electron chi connectivity index (χ0n) is 13.3. The molecular formula is C18H18N2O2S2. The molecule has 0 radical (unpaired) electrons. The van der Waals surface area contributed by atoms with Crippen molar-refractivity contribution < 1.29 is 9.90 Å². The largest absolute Gasteiger partial charge is 0.396 e. The minimum Gasteiger partial charge on any atom is -0.396 e. The smallest absolute Gasteiger partial charge is 0.223 e. The van der Waals surface area contributed by atoms with Gasteiger partial charge in [0, 0.05) is 24.2 Å². The molecule has 0 saturated heterocycles. The van der Waals surface area contributed by atoms with Crippen LogP contribution in [0.2, 0.25) is 0 Å². The van der Waals surface area contributed by atoms with Crippen molar-refractivity contribution in [1.29, 1.82) is 0 Å². The number of aliphatic hydroxyl groups excluding tert-OH is 1. The maximum absolute atomic E-state index is 11.2. The highest BCUT2D eigenvalue weighted by atomic mass is 32.2. The summed E-state index contributed by atoms with van der Waals surface area (Å²) in [4.78, 5) is 16.8. The number of carbonyl (C=O) groups excluding carboxylic acids is 1. The molecule has 3 aromatic rings. The quantitative estimate of drug-likeness (QED) is 0.506. The molecule has 24 heavy (non-hydrogen) atoms. The zero-order valence-corrected chi connectivity index (χ0v) is 14.9. The van der Waals surface area contributed by atoms with Gasteiger partial charge in [0.2, 0.25) is 5.91 Å². The highest BCUT2D eigenvalue weighted by molar-refractivity contribution is 7.99. The minimum absolute atomic E-state index is 0.109. The van der Waals surface area contributed by atoms with Gasteiger partial charge in [0.25, 0.3) is 0 Å². The van der Waals surface area contributed by atoms with Crippen LogP contribution in [-0.2, 0) is 4.79 Å². The summed E-state index contributed by atoms with van der Waals surface area (Å²) >= 11 is 3.23. The molecule has 6 heteroatoms. The van der Waals surface area contributed by atoms with E-state index in [9.17, 15) is 4.79 Å². The van der Waals surface area contributed by atoms with Crippen molar-refractivity contribution in [3.8, 4) is 11.1 Å². The summed E-state index contributed by atoms with van der Waals surface area (Å²) in [7, 11) is 0. The lowest BCUT2D eigenvalue weighted by molar-refractivity contribution is -0.114. The molecule has 4 nitrogen and oxygen atoms in total. The Morgan fingerprint density at radius 2 is 2.08 bits per heavy atom. The molecule has 0 spiro atoms. The first-order valence-electron chi connectivity index (χ1n) is 7.68. The van der Waals surface area contributed by atoms with Gasteiger partial charge in [0.15, 0.2) is 5.13 Å².